The van der Waals surface area contributed by atoms with E-state index in [2.05, 4.69) is 21.2 Å². The van der Waals surface area contributed by atoms with E-state index in [1.165, 1.54) is 22.6 Å². The van der Waals surface area contributed by atoms with Crippen molar-refractivity contribution < 1.29 is 18.0 Å². The topological polar surface area (TPSA) is 26.8 Å². The molecule has 2 aromatic rings. The first kappa shape index (κ1) is 19.3. The number of anilines is 1. The Kier molecular flexibility index (Phi) is 5.33. The van der Waals surface area contributed by atoms with Crippen molar-refractivity contribution in [2.45, 2.75) is 19.1 Å². The van der Waals surface area contributed by atoms with Crippen LogP contribution in [-0.2, 0) is 23.9 Å². The Morgan fingerprint density at radius 1 is 1.00 bits per heavy atom. The van der Waals surface area contributed by atoms with Crippen LogP contribution in [0, 0.1) is 0 Å². The zero-order valence-corrected chi connectivity index (χ0v) is 16.2. The van der Waals surface area contributed by atoms with Gasteiger partial charge in [0.2, 0.25) is 5.91 Å². The minimum Gasteiger partial charge on any atom is -0.369 e. The third-order valence-electron chi connectivity index (χ3n) is 5.45. The highest BCUT2D eigenvalue weighted by molar-refractivity contribution is 7.10. The Morgan fingerprint density at radius 3 is 2.39 bits per heavy atom. The summed E-state index contributed by atoms with van der Waals surface area (Å²) < 4.78 is 38.1. The lowest BCUT2D eigenvalue weighted by Gasteiger charge is -2.37. The molecular formula is C20H22F3N3OS. The third kappa shape index (κ3) is 4.17. The molecule has 1 saturated heterocycles. The quantitative estimate of drug-likeness (QED) is 0.777. The summed E-state index contributed by atoms with van der Waals surface area (Å²) in [7, 11) is 0. The van der Waals surface area contributed by atoms with Gasteiger partial charge in [0, 0.05) is 49.8 Å². The van der Waals surface area contributed by atoms with Gasteiger partial charge in [-0.05, 0) is 47.7 Å². The smallest absolute Gasteiger partial charge is 0.369 e. The van der Waals surface area contributed by atoms with Crippen LogP contribution in [0.15, 0.2) is 35.7 Å². The maximum atomic E-state index is 12.7. The second-order valence-electron chi connectivity index (χ2n) is 7.24. The van der Waals surface area contributed by atoms with E-state index in [9.17, 15) is 18.0 Å². The Bertz CT molecular complexity index is 826. The van der Waals surface area contributed by atoms with E-state index in [1.54, 1.807) is 11.3 Å². The first-order chi connectivity index (χ1) is 13.4. The number of nitrogens with zero attached hydrogens (tertiary/aromatic N) is 3. The standard InChI is InChI=1S/C20H22F3N3OS/c21-20(22,23)16-1-3-17(4-2-16)25-10-8-24(9-11-25)14-19(27)26-7-5-18-15(13-26)6-12-28-18/h1-4,6,12H,5,7-11,13-14H2. The number of hydrogen-bond acceptors (Lipinski definition) is 4. The third-order valence-corrected chi connectivity index (χ3v) is 6.47. The largest absolute Gasteiger partial charge is 0.416 e. The lowest BCUT2D eigenvalue weighted by Crippen LogP contribution is -2.50. The first-order valence-electron chi connectivity index (χ1n) is 9.38. The van der Waals surface area contributed by atoms with Crippen LogP contribution >= 0.6 is 11.3 Å². The molecule has 0 aliphatic carbocycles. The molecule has 8 heteroatoms. The fourth-order valence-electron chi connectivity index (χ4n) is 3.78. The van der Waals surface area contributed by atoms with E-state index in [0.717, 1.165) is 43.9 Å². The Hall–Kier alpha value is -2.06. The highest BCUT2D eigenvalue weighted by atomic mass is 32.1. The molecule has 150 valence electrons. The number of hydrogen-bond donors (Lipinski definition) is 0. The van der Waals surface area contributed by atoms with Crippen molar-refractivity contribution in [1.29, 1.82) is 0 Å². The minimum absolute atomic E-state index is 0.153. The number of thiophene rings is 1. The number of fused-ring (bicyclic) bond motifs is 1. The minimum atomic E-state index is -4.31. The van der Waals surface area contributed by atoms with Crippen LogP contribution in [0.25, 0.3) is 0 Å². The van der Waals surface area contributed by atoms with Gasteiger partial charge in [0.05, 0.1) is 12.1 Å². The fourth-order valence-corrected chi connectivity index (χ4v) is 4.67. The molecule has 0 N–H and O–H groups in total. The fraction of sp³-hybridized carbons (Fsp3) is 0.450. The molecule has 0 radical (unpaired) electrons. The van der Waals surface area contributed by atoms with E-state index in [-0.39, 0.29) is 5.91 Å². The van der Waals surface area contributed by atoms with Gasteiger partial charge < -0.3 is 9.80 Å². The van der Waals surface area contributed by atoms with E-state index in [4.69, 9.17) is 0 Å². The van der Waals surface area contributed by atoms with Gasteiger partial charge in [-0.3, -0.25) is 9.69 Å². The van der Waals surface area contributed by atoms with Crippen molar-refractivity contribution >= 4 is 22.9 Å². The molecule has 2 aliphatic heterocycles. The first-order valence-corrected chi connectivity index (χ1v) is 10.3. The van der Waals surface area contributed by atoms with Crippen LogP contribution in [0.3, 0.4) is 0 Å². The predicted octanol–water partition coefficient (Wildman–Crippen LogP) is 3.47. The van der Waals surface area contributed by atoms with Crippen molar-refractivity contribution in [3.8, 4) is 0 Å². The Morgan fingerprint density at radius 2 is 1.71 bits per heavy atom. The Balaban J connectivity index is 1.28. The van der Waals surface area contributed by atoms with Crippen molar-refractivity contribution in [1.82, 2.24) is 9.80 Å². The molecule has 0 atom stereocenters. The lowest BCUT2D eigenvalue weighted by molar-refractivity contribution is -0.137. The van der Waals surface area contributed by atoms with E-state index in [0.29, 0.717) is 26.2 Å². The lowest BCUT2D eigenvalue weighted by atomic mass is 10.1. The monoisotopic (exact) mass is 409 g/mol. The average molecular weight is 409 g/mol. The number of carbonyl (C=O) groups excluding carboxylic acids is 1. The van der Waals surface area contributed by atoms with Gasteiger partial charge in [0.15, 0.2) is 0 Å². The molecule has 2 aliphatic rings. The molecule has 4 nitrogen and oxygen atoms in total. The number of carbonyl (C=O) groups is 1. The van der Waals surface area contributed by atoms with Gasteiger partial charge in [0.1, 0.15) is 0 Å². The summed E-state index contributed by atoms with van der Waals surface area (Å²) in [4.78, 5) is 20.2. The van der Waals surface area contributed by atoms with Crippen LogP contribution in [-0.4, -0.2) is 55.0 Å². The van der Waals surface area contributed by atoms with Gasteiger partial charge >= 0.3 is 6.18 Å². The van der Waals surface area contributed by atoms with Gasteiger partial charge in [0.25, 0.3) is 0 Å². The summed E-state index contributed by atoms with van der Waals surface area (Å²) in [6.45, 7) is 4.73. The van der Waals surface area contributed by atoms with E-state index in [1.807, 2.05) is 4.90 Å². The van der Waals surface area contributed by atoms with Crippen LogP contribution < -0.4 is 4.90 Å². The van der Waals surface area contributed by atoms with Gasteiger partial charge in [-0.25, -0.2) is 0 Å². The normalized spacial score (nSPS) is 18.2. The second kappa shape index (κ2) is 7.75. The van der Waals surface area contributed by atoms with Crippen LogP contribution in [0.4, 0.5) is 18.9 Å². The van der Waals surface area contributed by atoms with E-state index < -0.39 is 11.7 Å². The highest BCUT2D eigenvalue weighted by Gasteiger charge is 2.30. The number of benzene rings is 1. The molecule has 4 rings (SSSR count). The molecule has 1 amide bonds. The Labute approximate surface area is 166 Å². The SMILES string of the molecule is O=C(CN1CCN(c2ccc(C(F)(F)F)cc2)CC1)N1CCc2sccc2C1. The summed E-state index contributed by atoms with van der Waals surface area (Å²) >= 11 is 1.76. The van der Waals surface area contributed by atoms with Crippen molar-refractivity contribution in [3.63, 3.8) is 0 Å². The number of alkyl halides is 3. The van der Waals surface area contributed by atoms with Crippen LogP contribution in [0.5, 0.6) is 0 Å². The molecule has 1 aromatic heterocycles. The van der Waals surface area contributed by atoms with Crippen molar-refractivity contribution in [2.75, 3.05) is 44.2 Å². The summed E-state index contributed by atoms with van der Waals surface area (Å²) in [6, 6.07) is 7.40. The van der Waals surface area contributed by atoms with E-state index >= 15 is 0 Å². The molecule has 1 fully saturated rings. The number of rotatable bonds is 3. The number of halogens is 3. The molecular weight excluding hydrogens is 387 g/mol. The number of piperazine rings is 1. The van der Waals surface area contributed by atoms with Crippen LogP contribution in [0.2, 0.25) is 0 Å². The molecule has 0 spiro atoms. The molecule has 0 unspecified atom stereocenters. The zero-order chi connectivity index (χ0) is 19.7. The molecule has 1 aromatic carbocycles. The van der Waals surface area contributed by atoms with Gasteiger partial charge in [-0.1, -0.05) is 0 Å². The number of amides is 1. The average Bonchev–Trinajstić information content (AvgIpc) is 3.16. The molecule has 0 saturated carbocycles. The summed E-state index contributed by atoms with van der Waals surface area (Å²) in [5.74, 6) is 0.153. The molecule has 0 bridgehead atoms. The predicted molar refractivity (Wildman–Crippen MR) is 104 cm³/mol. The van der Waals surface area contributed by atoms with Crippen molar-refractivity contribution in [3.05, 3.63) is 51.7 Å². The van der Waals surface area contributed by atoms with Gasteiger partial charge in [-0.15, -0.1) is 11.3 Å². The molecule has 3 heterocycles. The summed E-state index contributed by atoms with van der Waals surface area (Å²) in [6.07, 6.45) is -3.38. The highest BCUT2D eigenvalue weighted by Crippen LogP contribution is 2.30. The van der Waals surface area contributed by atoms with Crippen molar-refractivity contribution in [2.24, 2.45) is 0 Å². The summed E-state index contributed by atoms with van der Waals surface area (Å²) in [5.41, 5.74) is 1.42. The maximum Gasteiger partial charge on any atom is 0.416 e. The van der Waals surface area contributed by atoms with Crippen LogP contribution in [0.1, 0.15) is 16.0 Å². The zero-order valence-electron chi connectivity index (χ0n) is 15.4. The maximum absolute atomic E-state index is 12.7. The summed E-state index contributed by atoms with van der Waals surface area (Å²) in [5, 5.41) is 2.08. The second-order valence-corrected chi connectivity index (χ2v) is 8.24. The van der Waals surface area contributed by atoms with Gasteiger partial charge in [-0.2, -0.15) is 13.2 Å². The molecule has 28 heavy (non-hydrogen) atoms.